The van der Waals surface area contributed by atoms with Crippen molar-refractivity contribution in [1.82, 2.24) is 0 Å². The van der Waals surface area contributed by atoms with Crippen LogP contribution in [0.25, 0.3) is 0 Å². The number of fused-ring (bicyclic) bond motifs is 1. The number of halogens is 1. The number of amides is 1. The van der Waals surface area contributed by atoms with E-state index in [1.807, 2.05) is 30.9 Å². The molecule has 1 aliphatic rings. The van der Waals surface area contributed by atoms with Gasteiger partial charge in [0, 0.05) is 28.0 Å². The average molecular weight is 296 g/mol. The number of rotatable bonds is 1. The van der Waals surface area contributed by atoms with E-state index in [2.05, 4.69) is 35.8 Å². The molecule has 3 heteroatoms. The fraction of sp³-hybridized carbons (Fsp3) is 0.500. The number of anilines is 1. The van der Waals surface area contributed by atoms with E-state index in [0.29, 0.717) is 0 Å². The van der Waals surface area contributed by atoms with Crippen LogP contribution in [0.2, 0.25) is 0 Å². The molecule has 17 heavy (non-hydrogen) atoms. The fourth-order valence-corrected chi connectivity index (χ4v) is 2.72. The summed E-state index contributed by atoms with van der Waals surface area (Å²) in [5.74, 6) is 0.250. The molecule has 1 aromatic carbocycles. The molecule has 0 bridgehead atoms. The van der Waals surface area contributed by atoms with Crippen LogP contribution in [-0.2, 0) is 10.2 Å². The highest BCUT2D eigenvalue weighted by Crippen LogP contribution is 2.42. The van der Waals surface area contributed by atoms with Crippen LogP contribution in [0, 0.1) is 5.92 Å². The summed E-state index contributed by atoms with van der Waals surface area (Å²) in [6, 6.07) is 6.16. The highest BCUT2D eigenvalue weighted by Gasteiger charge is 2.38. The summed E-state index contributed by atoms with van der Waals surface area (Å²) >= 11 is 3.50. The maximum atomic E-state index is 12.2. The van der Waals surface area contributed by atoms with Gasteiger partial charge in [-0.2, -0.15) is 0 Å². The predicted octanol–water partition coefficient (Wildman–Crippen LogP) is 3.73. The third kappa shape index (κ3) is 2.13. The molecule has 0 saturated heterocycles. The Hall–Kier alpha value is -0.830. The molecule has 0 spiro atoms. The van der Waals surface area contributed by atoms with Crippen molar-refractivity contribution < 1.29 is 4.79 Å². The summed E-state index contributed by atoms with van der Waals surface area (Å²) in [6.45, 7) is 9.05. The highest BCUT2D eigenvalue weighted by atomic mass is 79.9. The van der Waals surface area contributed by atoms with Gasteiger partial charge in [-0.3, -0.25) is 4.79 Å². The summed E-state index contributed by atoms with van der Waals surface area (Å²) in [7, 11) is 0. The van der Waals surface area contributed by atoms with Gasteiger partial charge >= 0.3 is 0 Å². The minimum absolute atomic E-state index is 0.0314. The lowest BCUT2D eigenvalue weighted by atomic mass is 9.87. The lowest BCUT2D eigenvalue weighted by Crippen LogP contribution is -2.36. The van der Waals surface area contributed by atoms with Gasteiger partial charge in [-0.1, -0.05) is 43.6 Å². The number of nitrogens with zero attached hydrogens (tertiary/aromatic N) is 1. The molecule has 0 aliphatic carbocycles. The highest BCUT2D eigenvalue weighted by molar-refractivity contribution is 9.10. The number of carbonyl (C=O) groups excluding carboxylic acids is 1. The monoisotopic (exact) mass is 295 g/mol. The fourth-order valence-electron chi connectivity index (χ4n) is 2.36. The van der Waals surface area contributed by atoms with Crippen LogP contribution in [0.4, 0.5) is 5.69 Å². The van der Waals surface area contributed by atoms with Gasteiger partial charge in [0.25, 0.3) is 0 Å². The molecule has 0 fully saturated rings. The van der Waals surface area contributed by atoms with Crippen molar-refractivity contribution in [3.8, 4) is 0 Å². The maximum Gasteiger partial charge on any atom is 0.229 e. The zero-order chi connectivity index (χ0) is 12.8. The second-order valence-corrected chi connectivity index (χ2v) is 6.54. The molecule has 0 saturated carbocycles. The molecule has 2 nitrogen and oxygen atoms in total. The van der Waals surface area contributed by atoms with Gasteiger partial charge in [0.05, 0.1) is 0 Å². The third-order valence-corrected chi connectivity index (χ3v) is 3.79. The van der Waals surface area contributed by atoms with Crippen molar-refractivity contribution in [2.24, 2.45) is 5.92 Å². The Morgan fingerprint density at radius 1 is 1.41 bits per heavy atom. The lowest BCUT2D eigenvalue weighted by molar-refractivity contribution is -0.121. The third-order valence-electron chi connectivity index (χ3n) is 3.29. The zero-order valence-electron chi connectivity index (χ0n) is 10.7. The molecule has 1 aromatic rings. The molecule has 0 aromatic heterocycles. The van der Waals surface area contributed by atoms with Crippen molar-refractivity contribution >= 4 is 27.5 Å². The van der Waals surface area contributed by atoms with E-state index >= 15 is 0 Å². The summed E-state index contributed by atoms with van der Waals surface area (Å²) < 4.78 is 1.07. The second-order valence-electron chi connectivity index (χ2n) is 5.62. The van der Waals surface area contributed by atoms with E-state index in [1.54, 1.807) is 0 Å². The molecule has 0 N–H and O–H groups in total. The average Bonchev–Trinajstić information content (AvgIpc) is 2.50. The first-order valence-electron chi connectivity index (χ1n) is 5.94. The molecular formula is C14H18BrNO. The number of carbonyl (C=O) groups is 1. The molecule has 92 valence electrons. The first kappa shape index (κ1) is 12.6. The van der Waals surface area contributed by atoms with Crippen LogP contribution < -0.4 is 4.90 Å². The number of hydrogen-bond acceptors (Lipinski definition) is 1. The Balaban J connectivity index is 2.48. The lowest BCUT2D eigenvalue weighted by Gasteiger charge is -2.22. The quantitative estimate of drug-likeness (QED) is 0.773. The Labute approximate surface area is 111 Å². The molecule has 1 amide bonds. The Morgan fingerprint density at radius 3 is 2.65 bits per heavy atom. The van der Waals surface area contributed by atoms with Gasteiger partial charge in [0.2, 0.25) is 5.91 Å². The molecule has 0 atom stereocenters. The second kappa shape index (κ2) is 4.13. The van der Waals surface area contributed by atoms with E-state index in [9.17, 15) is 4.79 Å². The van der Waals surface area contributed by atoms with E-state index in [-0.39, 0.29) is 17.2 Å². The van der Waals surface area contributed by atoms with Gasteiger partial charge in [0.1, 0.15) is 0 Å². The zero-order valence-corrected chi connectivity index (χ0v) is 12.3. The Kier molecular flexibility index (Phi) is 3.06. The van der Waals surface area contributed by atoms with Gasteiger partial charge < -0.3 is 4.90 Å². The smallest absolute Gasteiger partial charge is 0.229 e. The number of benzene rings is 1. The van der Waals surface area contributed by atoms with Gasteiger partial charge in [-0.05, 0) is 23.8 Å². The Morgan fingerprint density at radius 2 is 2.06 bits per heavy atom. The number of hydrogen-bond donors (Lipinski definition) is 0. The summed E-state index contributed by atoms with van der Waals surface area (Å²) in [5.41, 5.74) is 2.35. The van der Waals surface area contributed by atoms with Crippen molar-refractivity contribution in [2.45, 2.75) is 33.1 Å². The minimum Gasteiger partial charge on any atom is -0.311 e. The van der Waals surface area contributed by atoms with Gasteiger partial charge in [0.15, 0.2) is 0 Å². The standard InChI is InChI=1S/C14H18BrNO/c1-9(2)13(17)16-8-14(3,4)11-7-10(15)5-6-12(11)16/h5-7,9H,8H2,1-4H3. The first-order chi connectivity index (χ1) is 7.83. The first-order valence-corrected chi connectivity index (χ1v) is 6.73. The van der Waals surface area contributed by atoms with Gasteiger partial charge in [-0.15, -0.1) is 0 Å². The SMILES string of the molecule is CC(C)C(=O)N1CC(C)(C)c2cc(Br)ccc21. The van der Waals surface area contributed by atoms with Crippen molar-refractivity contribution in [2.75, 3.05) is 11.4 Å². The van der Waals surface area contributed by atoms with Crippen LogP contribution in [-0.4, -0.2) is 12.5 Å². The van der Waals surface area contributed by atoms with Crippen molar-refractivity contribution in [3.05, 3.63) is 28.2 Å². The van der Waals surface area contributed by atoms with E-state index < -0.39 is 0 Å². The normalized spacial score (nSPS) is 17.4. The maximum absolute atomic E-state index is 12.2. The molecule has 1 aliphatic heterocycles. The van der Waals surface area contributed by atoms with Gasteiger partial charge in [-0.25, -0.2) is 0 Å². The van der Waals surface area contributed by atoms with E-state index in [4.69, 9.17) is 0 Å². The van der Waals surface area contributed by atoms with Crippen molar-refractivity contribution in [3.63, 3.8) is 0 Å². The van der Waals surface area contributed by atoms with Crippen molar-refractivity contribution in [1.29, 1.82) is 0 Å². The summed E-state index contributed by atoms with van der Waals surface area (Å²) in [6.07, 6.45) is 0. The largest absolute Gasteiger partial charge is 0.311 e. The molecular weight excluding hydrogens is 278 g/mol. The van der Waals surface area contributed by atoms with Crippen LogP contribution in [0.3, 0.4) is 0 Å². The van der Waals surface area contributed by atoms with E-state index in [0.717, 1.165) is 16.7 Å². The Bertz CT molecular complexity index is 465. The summed E-state index contributed by atoms with van der Waals surface area (Å²) in [4.78, 5) is 14.1. The molecule has 1 heterocycles. The molecule has 2 rings (SSSR count). The molecule has 0 radical (unpaired) electrons. The van der Waals surface area contributed by atoms with Crippen LogP contribution in [0.1, 0.15) is 33.3 Å². The minimum atomic E-state index is 0.0314. The summed E-state index contributed by atoms with van der Waals surface area (Å²) in [5, 5.41) is 0. The van der Waals surface area contributed by atoms with Crippen LogP contribution >= 0.6 is 15.9 Å². The molecule has 0 unspecified atom stereocenters. The van der Waals surface area contributed by atoms with Crippen LogP contribution in [0.15, 0.2) is 22.7 Å². The van der Waals surface area contributed by atoms with Crippen LogP contribution in [0.5, 0.6) is 0 Å². The van der Waals surface area contributed by atoms with E-state index in [1.165, 1.54) is 5.56 Å². The predicted molar refractivity (Wildman–Crippen MR) is 74.4 cm³/mol. The topological polar surface area (TPSA) is 20.3 Å².